The first-order chi connectivity index (χ1) is 9.01. The number of carboxylic acid groups (broad SMARTS) is 1. The van der Waals surface area contributed by atoms with Gasteiger partial charge in [-0.05, 0) is 19.1 Å². The summed E-state index contributed by atoms with van der Waals surface area (Å²) >= 11 is 0. The molecule has 1 aromatic carbocycles. The highest BCUT2D eigenvalue weighted by Crippen LogP contribution is 2.35. The summed E-state index contributed by atoms with van der Waals surface area (Å²) in [5, 5.41) is 13.0. The van der Waals surface area contributed by atoms with E-state index < -0.39 is 11.6 Å². The Morgan fingerprint density at radius 2 is 2.16 bits per heavy atom. The maximum absolute atomic E-state index is 11.1. The molecule has 1 aliphatic heterocycles. The summed E-state index contributed by atoms with van der Waals surface area (Å²) in [6.45, 7) is 1.48. The predicted octanol–water partition coefficient (Wildman–Crippen LogP) is 1.67. The van der Waals surface area contributed by atoms with E-state index in [-0.39, 0.29) is 6.42 Å². The van der Waals surface area contributed by atoms with E-state index >= 15 is 0 Å². The number of rotatable bonds is 4. The highest BCUT2D eigenvalue weighted by atomic mass is 16.7. The molecule has 0 fully saturated rings. The van der Waals surface area contributed by atoms with Gasteiger partial charge in [0, 0.05) is 12.0 Å². The second kappa shape index (κ2) is 4.79. The van der Waals surface area contributed by atoms with Crippen LogP contribution in [0.15, 0.2) is 23.4 Å². The van der Waals surface area contributed by atoms with Crippen LogP contribution in [-0.2, 0) is 9.63 Å². The second-order valence-corrected chi connectivity index (χ2v) is 4.38. The third kappa shape index (κ3) is 2.21. The van der Waals surface area contributed by atoms with Gasteiger partial charge >= 0.3 is 5.97 Å². The standard InChI is InChI=1S/C13H15NO5/c1-13(12(15)16)7-9(14-19-13)8-5-4-6-10(17-2)11(8)18-3/h4-6H,7H2,1-3H3,(H,15,16). The van der Waals surface area contributed by atoms with E-state index in [2.05, 4.69) is 5.16 Å². The highest BCUT2D eigenvalue weighted by molar-refractivity contribution is 6.06. The summed E-state index contributed by atoms with van der Waals surface area (Å²) in [5.74, 6) is 0.0294. The molecule has 0 aromatic heterocycles. The van der Waals surface area contributed by atoms with Crippen molar-refractivity contribution >= 4 is 11.7 Å². The van der Waals surface area contributed by atoms with E-state index in [9.17, 15) is 4.79 Å². The topological polar surface area (TPSA) is 77.4 Å². The average Bonchev–Trinajstić information content (AvgIpc) is 2.81. The molecule has 1 unspecified atom stereocenters. The molecule has 1 N–H and O–H groups in total. The first-order valence-corrected chi connectivity index (χ1v) is 5.71. The first kappa shape index (κ1) is 13.2. The first-order valence-electron chi connectivity index (χ1n) is 5.71. The van der Waals surface area contributed by atoms with E-state index in [0.717, 1.165) is 0 Å². The largest absolute Gasteiger partial charge is 0.493 e. The molecule has 1 aliphatic rings. The molecular weight excluding hydrogens is 250 g/mol. The van der Waals surface area contributed by atoms with Gasteiger partial charge in [0.1, 0.15) is 0 Å². The lowest BCUT2D eigenvalue weighted by Gasteiger charge is -2.15. The van der Waals surface area contributed by atoms with Crippen LogP contribution in [0.25, 0.3) is 0 Å². The van der Waals surface area contributed by atoms with Crippen molar-refractivity contribution in [3.8, 4) is 11.5 Å². The maximum Gasteiger partial charge on any atom is 0.351 e. The van der Waals surface area contributed by atoms with E-state index in [1.54, 1.807) is 18.2 Å². The Hall–Kier alpha value is -2.24. The van der Waals surface area contributed by atoms with Crippen molar-refractivity contribution in [2.45, 2.75) is 18.9 Å². The monoisotopic (exact) mass is 265 g/mol. The summed E-state index contributed by atoms with van der Waals surface area (Å²) in [4.78, 5) is 16.2. The van der Waals surface area contributed by atoms with E-state index in [1.807, 2.05) is 0 Å². The fraction of sp³-hybridized carbons (Fsp3) is 0.385. The number of carboxylic acids is 1. The van der Waals surface area contributed by atoms with Gasteiger partial charge in [-0.25, -0.2) is 4.79 Å². The predicted molar refractivity (Wildman–Crippen MR) is 67.8 cm³/mol. The Kier molecular flexibility index (Phi) is 3.33. The molecule has 2 rings (SSSR count). The molecule has 0 aliphatic carbocycles. The lowest BCUT2D eigenvalue weighted by atomic mass is 9.95. The second-order valence-electron chi connectivity index (χ2n) is 4.38. The Labute approximate surface area is 110 Å². The Balaban J connectivity index is 2.37. The van der Waals surface area contributed by atoms with Crippen molar-refractivity contribution in [1.29, 1.82) is 0 Å². The van der Waals surface area contributed by atoms with Gasteiger partial charge in [0.05, 0.1) is 19.9 Å². The van der Waals surface area contributed by atoms with Gasteiger partial charge in [0.25, 0.3) is 0 Å². The Morgan fingerprint density at radius 1 is 1.42 bits per heavy atom. The van der Waals surface area contributed by atoms with Crippen molar-refractivity contribution in [2.24, 2.45) is 5.16 Å². The molecule has 1 aromatic rings. The summed E-state index contributed by atoms with van der Waals surface area (Å²) in [7, 11) is 3.06. The normalized spacial score (nSPS) is 21.5. The van der Waals surface area contributed by atoms with Gasteiger partial charge < -0.3 is 19.4 Å². The van der Waals surface area contributed by atoms with Gasteiger partial charge in [0.2, 0.25) is 5.60 Å². The number of nitrogens with zero attached hydrogens (tertiary/aromatic N) is 1. The zero-order chi connectivity index (χ0) is 14.0. The number of aliphatic carboxylic acids is 1. The number of benzene rings is 1. The van der Waals surface area contributed by atoms with Crippen molar-refractivity contribution in [3.63, 3.8) is 0 Å². The molecule has 0 radical (unpaired) electrons. The molecule has 0 amide bonds. The molecule has 6 nitrogen and oxygen atoms in total. The van der Waals surface area contributed by atoms with Crippen molar-refractivity contribution in [1.82, 2.24) is 0 Å². The van der Waals surface area contributed by atoms with Gasteiger partial charge in [-0.1, -0.05) is 11.2 Å². The van der Waals surface area contributed by atoms with Crippen molar-refractivity contribution in [3.05, 3.63) is 23.8 Å². The molecule has 1 atom stereocenters. The van der Waals surface area contributed by atoms with E-state index in [0.29, 0.717) is 22.8 Å². The van der Waals surface area contributed by atoms with Crippen LogP contribution in [0.1, 0.15) is 18.9 Å². The zero-order valence-corrected chi connectivity index (χ0v) is 11.0. The third-order valence-corrected chi connectivity index (χ3v) is 3.03. The molecule has 0 saturated heterocycles. The summed E-state index contributed by atoms with van der Waals surface area (Å²) in [5.41, 5.74) is -0.129. The number of ether oxygens (including phenoxy) is 2. The van der Waals surface area contributed by atoms with E-state index in [1.165, 1.54) is 21.1 Å². The van der Waals surface area contributed by atoms with Crippen LogP contribution in [0.5, 0.6) is 11.5 Å². The summed E-state index contributed by atoms with van der Waals surface area (Å²) < 4.78 is 10.5. The number of hydrogen-bond acceptors (Lipinski definition) is 5. The molecule has 19 heavy (non-hydrogen) atoms. The van der Waals surface area contributed by atoms with Crippen LogP contribution in [0.4, 0.5) is 0 Å². The fourth-order valence-corrected chi connectivity index (χ4v) is 1.91. The minimum atomic E-state index is -1.33. The van der Waals surface area contributed by atoms with Crippen molar-refractivity contribution < 1.29 is 24.2 Å². The number of para-hydroxylation sites is 1. The molecule has 0 spiro atoms. The number of carbonyl (C=O) groups is 1. The minimum Gasteiger partial charge on any atom is -0.493 e. The van der Waals surface area contributed by atoms with Crippen LogP contribution in [-0.4, -0.2) is 36.6 Å². The molecular formula is C13H15NO5. The summed E-state index contributed by atoms with van der Waals surface area (Å²) in [6, 6.07) is 5.34. The Bertz CT molecular complexity index is 540. The number of oxime groups is 1. The van der Waals surface area contributed by atoms with Crippen LogP contribution in [0, 0.1) is 0 Å². The summed E-state index contributed by atoms with van der Waals surface area (Å²) in [6.07, 6.45) is 0.172. The molecule has 0 saturated carbocycles. The highest BCUT2D eigenvalue weighted by Gasteiger charge is 2.43. The van der Waals surface area contributed by atoms with E-state index in [4.69, 9.17) is 19.4 Å². The van der Waals surface area contributed by atoms with Crippen LogP contribution < -0.4 is 9.47 Å². The zero-order valence-electron chi connectivity index (χ0n) is 11.0. The lowest BCUT2D eigenvalue weighted by Crippen LogP contribution is -2.35. The lowest BCUT2D eigenvalue weighted by molar-refractivity contribution is -0.160. The van der Waals surface area contributed by atoms with Crippen LogP contribution in [0.2, 0.25) is 0 Å². The van der Waals surface area contributed by atoms with Crippen LogP contribution in [0.3, 0.4) is 0 Å². The minimum absolute atomic E-state index is 0.172. The smallest absolute Gasteiger partial charge is 0.351 e. The molecule has 6 heteroatoms. The average molecular weight is 265 g/mol. The van der Waals surface area contributed by atoms with Gasteiger partial charge in [-0.3, -0.25) is 0 Å². The quantitative estimate of drug-likeness (QED) is 0.896. The molecule has 0 bridgehead atoms. The van der Waals surface area contributed by atoms with Crippen LogP contribution >= 0.6 is 0 Å². The van der Waals surface area contributed by atoms with Crippen molar-refractivity contribution in [2.75, 3.05) is 14.2 Å². The van der Waals surface area contributed by atoms with Gasteiger partial charge in [-0.15, -0.1) is 0 Å². The maximum atomic E-state index is 11.1. The fourth-order valence-electron chi connectivity index (χ4n) is 1.91. The SMILES string of the molecule is COc1cccc(C2=NOC(C)(C(=O)O)C2)c1OC. The van der Waals surface area contributed by atoms with Gasteiger partial charge in [-0.2, -0.15) is 0 Å². The number of methoxy groups -OCH3 is 2. The third-order valence-electron chi connectivity index (χ3n) is 3.03. The number of hydrogen-bond donors (Lipinski definition) is 1. The molecule has 1 heterocycles. The Morgan fingerprint density at radius 3 is 2.68 bits per heavy atom. The van der Waals surface area contributed by atoms with Gasteiger partial charge in [0.15, 0.2) is 11.5 Å². The molecule has 102 valence electrons.